The Balaban J connectivity index is 0.000000461. The molecule has 1 fully saturated rings. The van der Waals surface area contributed by atoms with Gasteiger partial charge in [-0.2, -0.15) is 0 Å². The lowest BCUT2D eigenvalue weighted by Crippen LogP contribution is -2.29. The normalized spacial score (nSPS) is 20.7. The van der Waals surface area contributed by atoms with E-state index in [0.29, 0.717) is 0 Å². The van der Waals surface area contributed by atoms with Crippen LogP contribution in [0.1, 0.15) is 47.0 Å². The monoisotopic (exact) mass is 157 g/mol. The van der Waals surface area contributed by atoms with Crippen molar-refractivity contribution in [1.82, 2.24) is 4.90 Å². The molecule has 0 saturated carbocycles. The SMILES string of the molecule is CC.CCC(C)N1CCCC1. The zero-order valence-electron chi connectivity index (χ0n) is 8.56. The van der Waals surface area contributed by atoms with E-state index in [1.54, 1.807) is 0 Å². The molecule has 0 bridgehead atoms. The van der Waals surface area contributed by atoms with Crippen LogP contribution in [-0.4, -0.2) is 24.0 Å². The topological polar surface area (TPSA) is 3.24 Å². The van der Waals surface area contributed by atoms with Crippen LogP contribution >= 0.6 is 0 Å². The summed E-state index contributed by atoms with van der Waals surface area (Å²) in [5.41, 5.74) is 0. The number of rotatable bonds is 2. The zero-order chi connectivity index (χ0) is 8.69. The van der Waals surface area contributed by atoms with Crippen LogP contribution in [0, 0.1) is 0 Å². The van der Waals surface area contributed by atoms with E-state index < -0.39 is 0 Å². The minimum atomic E-state index is 0.826. The van der Waals surface area contributed by atoms with E-state index in [1.807, 2.05) is 13.8 Å². The molecule has 0 N–H and O–H groups in total. The fourth-order valence-corrected chi connectivity index (χ4v) is 1.44. The Morgan fingerprint density at radius 2 is 1.64 bits per heavy atom. The molecule has 1 heterocycles. The first kappa shape index (κ1) is 11.0. The molecule has 1 aliphatic heterocycles. The van der Waals surface area contributed by atoms with Gasteiger partial charge in [0.25, 0.3) is 0 Å². The lowest BCUT2D eigenvalue weighted by Gasteiger charge is -2.21. The Morgan fingerprint density at radius 1 is 1.18 bits per heavy atom. The molecule has 0 radical (unpaired) electrons. The average molecular weight is 157 g/mol. The maximum Gasteiger partial charge on any atom is 0.00643 e. The minimum Gasteiger partial charge on any atom is -0.301 e. The van der Waals surface area contributed by atoms with E-state index in [9.17, 15) is 0 Å². The van der Waals surface area contributed by atoms with E-state index in [0.717, 1.165) is 6.04 Å². The Morgan fingerprint density at radius 3 is 2.00 bits per heavy atom. The molecule has 68 valence electrons. The van der Waals surface area contributed by atoms with Gasteiger partial charge in [-0.25, -0.2) is 0 Å². The third kappa shape index (κ3) is 3.76. The van der Waals surface area contributed by atoms with Gasteiger partial charge in [-0.05, 0) is 39.3 Å². The first-order chi connectivity index (χ1) is 5.34. The maximum atomic E-state index is 2.58. The van der Waals surface area contributed by atoms with Crippen LogP contribution in [-0.2, 0) is 0 Å². The van der Waals surface area contributed by atoms with Gasteiger partial charge in [0, 0.05) is 6.04 Å². The highest BCUT2D eigenvalue weighted by molar-refractivity contribution is 4.71. The maximum absolute atomic E-state index is 2.58. The lowest BCUT2D eigenvalue weighted by molar-refractivity contribution is 0.253. The summed E-state index contributed by atoms with van der Waals surface area (Å²) in [6, 6.07) is 0.826. The van der Waals surface area contributed by atoms with Crippen LogP contribution in [0.2, 0.25) is 0 Å². The Bertz CT molecular complexity index is 74.9. The second-order valence-corrected chi connectivity index (χ2v) is 3.00. The molecule has 11 heavy (non-hydrogen) atoms. The predicted molar refractivity (Wildman–Crippen MR) is 51.9 cm³/mol. The predicted octanol–water partition coefficient (Wildman–Crippen LogP) is 2.91. The molecule has 1 heteroatoms. The van der Waals surface area contributed by atoms with Crippen molar-refractivity contribution in [2.75, 3.05) is 13.1 Å². The Hall–Kier alpha value is -0.0400. The Labute approximate surface area is 71.8 Å². The van der Waals surface area contributed by atoms with Crippen molar-refractivity contribution < 1.29 is 0 Å². The molecule has 0 aromatic rings. The van der Waals surface area contributed by atoms with Gasteiger partial charge in [-0.1, -0.05) is 20.8 Å². The van der Waals surface area contributed by atoms with Gasteiger partial charge in [-0.15, -0.1) is 0 Å². The standard InChI is InChI=1S/C8H17N.C2H6/c1-3-8(2)9-6-4-5-7-9;1-2/h8H,3-7H2,1-2H3;1-2H3. The third-order valence-electron chi connectivity index (χ3n) is 2.35. The summed E-state index contributed by atoms with van der Waals surface area (Å²) in [5.74, 6) is 0. The average Bonchev–Trinajstić information content (AvgIpc) is 2.59. The first-order valence-corrected chi connectivity index (χ1v) is 5.08. The van der Waals surface area contributed by atoms with Crippen LogP contribution in [0.25, 0.3) is 0 Å². The first-order valence-electron chi connectivity index (χ1n) is 5.08. The minimum absolute atomic E-state index is 0.826. The van der Waals surface area contributed by atoms with Gasteiger partial charge >= 0.3 is 0 Å². The highest BCUT2D eigenvalue weighted by Gasteiger charge is 2.15. The molecule has 0 aliphatic carbocycles. The molecule has 1 atom stereocenters. The summed E-state index contributed by atoms with van der Waals surface area (Å²) in [5, 5.41) is 0. The highest BCUT2D eigenvalue weighted by Crippen LogP contribution is 2.12. The summed E-state index contributed by atoms with van der Waals surface area (Å²) < 4.78 is 0. The van der Waals surface area contributed by atoms with Crippen molar-refractivity contribution in [2.24, 2.45) is 0 Å². The van der Waals surface area contributed by atoms with Crippen LogP contribution in [0.4, 0.5) is 0 Å². The summed E-state index contributed by atoms with van der Waals surface area (Å²) in [7, 11) is 0. The van der Waals surface area contributed by atoms with E-state index in [4.69, 9.17) is 0 Å². The highest BCUT2D eigenvalue weighted by atomic mass is 15.2. The van der Waals surface area contributed by atoms with Crippen LogP contribution in [0.15, 0.2) is 0 Å². The molecule has 1 nitrogen and oxygen atoms in total. The Kier molecular flexibility index (Phi) is 6.63. The van der Waals surface area contributed by atoms with Crippen LogP contribution < -0.4 is 0 Å². The molecular formula is C10H23N. The summed E-state index contributed by atoms with van der Waals surface area (Å²) in [6.07, 6.45) is 4.15. The van der Waals surface area contributed by atoms with Crippen molar-refractivity contribution in [2.45, 2.75) is 53.0 Å². The molecule has 1 unspecified atom stereocenters. The molecule has 0 spiro atoms. The fourth-order valence-electron chi connectivity index (χ4n) is 1.44. The van der Waals surface area contributed by atoms with Gasteiger partial charge in [0.2, 0.25) is 0 Å². The van der Waals surface area contributed by atoms with Crippen molar-refractivity contribution in [1.29, 1.82) is 0 Å². The fraction of sp³-hybridized carbons (Fsp3) is 1.00. The van der Waals surface area contributed by atoms with Crippen molar-refractivity contribution in [3.05, 3.63) is 0 Å². The summed E-state index contributed by atoms with van der Waals surface area (Å²) in [4.78, 5) is 2.58. The largest absolute Gasteiger partial charge is 0.301 e. The molecule has 0 aromatic heterocycles. The van der Waals surface area contributed by atoms with E-state index in [2.05, 4.69) is 18.7 Å². The van der Waals surface area contributed by atoms with Gasteiger partial charge in [0.1, 0.15) is 0 Å². The second kappa shape index (κ2) is 6.66. The van der Waals surface area contributed by atoms with Crippen molar-refractivity contribution in [3.63, 3.8) is 0 Å². The number of hydrogen-bond donors (Lipinski definition) is 0. The third-order valence-corrected chi connectivity index (χ3v) is 2.35. The van der Waals surface area contributed by atoms with Gasteiger partial charge in [-0.3, -0.25) is 0 Å². The molecule has 1 saturated heterocycles. The van der Waals surface area contributed by atoms with E-state index in [-0.39, 0.29) is 0 Å². The molecule has 0 aromatic carbocycles. The summed E-state index contributed by atoms with van der Waals surface area (Å²) >= 11 is 0. The van der Waals surface area contributed by atoms with Gasteiger partial charge in [0.05, 0.1) is 0 Å². The summed E-state index contributed by atoms with van der Waals surface area (Å²) in [6.45, 7) is 11.3. The van der Waals surface area contributed by atoms with Crippen LogP contribution in [0.3, 0.4) is 0 Å². The second-order valence-electron chi connectivity index (χ2n) is 3.00. The van der Waals surface area contributed by atoms with Crippen molar-refractivity contribution in [3.8, 4) is 0 Å². The molecule has 1 rings (SSSR count). The van der Waals surface area contributed by atoms with Gasteiger partial charge < -0.3 is 4.90 Å². The smallest absolute Gasteiger partial charge is 0.00643 e. The molecule has 0 amide bonds. The van der Waals surface area contributed by atoms with E-state index >= 15 is 0 Å². The van der Waals surface area contributed by atoms with Crippen molar-refractivity contribution >= 4 is 0 Å². The molecule has 1 aliphatic rings. The quantitative estimate of drug-likeness (QED) is 0.595. The van der Waals surface area contributed by atoms with Gasteiger partial charge in [0.15, 0.2) is 0 Å². The zero-order valence-corrected chi connectivity index (χ0v) is 8.56. The lowest BCUT2D eigenvalue weighted by atomic mass is 10.2. The number of hydrogen-bond acceptors (Lipinski definition) is 1. The number of likely N-dealkylation sites (tertiary alicyclic amines) is 1. The van der Waals surface area contributed by atoms with Crippen LogP contribution in [0.5, 0.6) is 0 Å². The number of nitrogens with zero attached hydrogens (tertiary/aromatic N) is 1. The molecular weight excluding hydrogens is 134 g/mol. The van der Waals surface area contributed by atoms with E-state index in [1.165, 1.54) is 32.4 Å².